The van der Waals surface area contributed by atoms with Gasteiger partial charge in [-0.05, 0) is 50.2 Å². The van der Waals surface area contributed by atoms with Crippen LogP contribution in [0, 0.1) is 0 Å². The maximum atomic E-state index is 11.1. The third-order valence-electron chi connectivity index (χ3n) is 2.53. The fraction of sp³-hybridized carbons (Fsp3) is 0.235. The first-order valence-electron chi connectivity index (χ1n) is 6.85. The fourth-order valence-electron chi connectivity index (χ4n) is 1.61. The Labute approximate surface area is 130 Å². The van der Waals surface area contributed by atoms with Gasteiger partial charge in [0.15, 0.2) is 0 Å². The number of aliphatic hydroxyl groups excluding tert-OH is 1. The Kier molecular flexibility index (Phi) is 6.92. The molecule has 3 N–H and O–H groups in total. The standard InChI is InChI=1S/C14H13NO3.C3H8O/c1-18-11-8-6-10(7-9-11)15-13-5-3-2-4-12(13)14(16)17;1-3(2)4/h2-9,15H,1H3,(H,16,17);3-4H,1-2H3. The van der Waals surface area contributed by atoms with Gasteiger partial charge >= 0.3 is 5.97 Å². The van der Waals surface area contributed by atoms with Crippen LogP contribution in [0.15, 0.2) is 48.5 Å². The molecule has 0 saturated carbocycles. The van der Waals surface area contributed by atoms with Crippen LogP contribution in [-0.2, 0) is 0 Å². The molecule has 0 aliphatic rings. The quantitative estimate of drug-likeness (QED) is 0.805. The largest absolute Gasteiger partial charge is 0.497 e. The van der Waals surface area contributed by atoms with Crippen LogP contribution in [0.1, 0.15) is 24.2 Å². The number of aromatic carboxylic acids is 1. The molecule has 0 unspecified atom stereocenters. The number of aliphatic hydroxyl groups is 1. The highest BCUT2D eigenvalue weighted by Crippen LogP contribution is 2.22. The summed E-state index contributed by atoms with van der Waals surface area (Å²) in [5.74, 6) is -0.196. The third kappa shape index (κ3) is 5.85. The third-order valence-corrected chi connectivity index (χ3v) is 2.53. The van der Waals surface area contributed by atoms with E-state index < -0.39 is 5.97 Å². The molecule has 2 aromatic carbocycles. The second-order valence-corrected chi connectivity index (χ2v) is 4.80. The number of ether oxygens (including phenoxy) is 1. The van der Waals surface area contributed by atoms with Gasteiger partial charge in [0.25, 0.3) is 0 Å². The Bertz CT molecular complexity index is 591. The first kappa shape index (κ1) is 17.5. The van der Waals surface area contributed by atoms with Gasteiger partial charge in [-0.1, -0.05) is 12.1 Å². The molecule has 0 aromatic heterocycles. The molecule has 0 atom stereocenters. The van der Waals surface area contributed by atoms with Crippen molar-refractivity contribution in [3.63, 3.8) is 0 Å². The molecule has 2 rings (SSSR count). The molecule has 5 heteroatoms. The zero-order valence-corrected chi connectivity index (χ0v) is 12.9. The molecule has 0 aliphatic heterocycles. The summed E-state index contributed by atoms with van der Waals surface area (Å²) in [6.07, 6.45) is -0.167. The lowest BCUT2D eigenvalue weighted by Crippen LogP contribution is -2.02. The molecule has 22 heavy (non-hydrogen) atoms. The second-order valence-electron chi connectivity index (χ2n) is 4.80. The van der Waals surface area contributed by atoms with Crippen LogP contribution in [0.4, 0.5) is 11.4 Å². The number of rotatable bonds is 4. The summed E-state index contributed by atoms with van der Waals surface area (Å²) < 4.78 is 5.06. The molecule has 118 valence electrons. The van der Waals surface area contributed by atoms with Crippen LogP contribution >= 0.6 is 0 Å². The van der Waals surface area contributed by atoms with E-state index in [-0.39, 0.29) is 11.7 Å². The molecule has 5 nitrogen and oxygen atoms in total. The van der Waals surface area contributed by atoms with Gasteiger partial charge in [-0.25, -0.2) is 4.79 Å². The van der Waals surface area contributed by atoms with Crippen molar-refractivity contribution in [3.8, 4) is 5.75 Å². The predicted octanol–water partition coefficient (Wildman–Crippen LogP) is 3.52. The van der Waals surface area contributed by atoms with Crippen LogP contribution < -0.4 is 10.1 Å². The minimum atomic E-state index is -0.952. The van der Waals surface area contributed by atoms with E-state index in [9.17, 15) is 4.79 Å². The van der Waals surface area contributed by atoms with Crippen LogP contribution in [0.3, 0.4) is 0 Å². The highest BCUT2D eigenvalue weighted by Gasteiger charge is 2.08. The number of nitrogens with one attached hydrogen (secondary N) is 1. The van der Waals surface area contributed by atoms with Gasteiger partial charge in [0.05, 0.1) is 18.4 Å². The van der Waals surface area contributed by atoms with Gasteiger partial charge in [-0.2, -0.15) is 0 Å². The molecule has 0 saturated heterocycles. The maximum Gasteiger partial charge on any atom is 0.337 e. The van der Waals surface area contributed by atoms with E-state index in [1.807, 2.05) is 24.3 Å². The SMILES string of the molecule is CC(C)O.COc1ccc(Nc2ccccc2C(=O)O)cc1. The lowest BCUT2D eigenvalue weighted by atomic mass is 10.1. The maximum absolute atomic E-state index is 11.1. The molecular weight excluding hydrogens is 282 g/mol. The molecule has 0 amide bonds. The van der Waals surface area contributed by atoms with E-state index in [2.05, 4.69) is 5.32 Å². The number of carboxylic acid groups (broad SMARTS) is 1. The number of anilines is 2. The van der Waals surface area contributed by atoms with E-state index in [1.165, 1.54) is 0 Å². The number of carbonyl (C=O) groups is 1. The zero-order chi connectivity index (χ0) is 16.5. The minimum Gasteiger partial charge on any atom is -0.497 e. The summed E-state index contributed by atoms with van der Waals surface area (Å²) in [5.41, 5.74) is 1.62. The number of benzene rings is 2. The first-order valence-corrected chi connectivity index (χ1v) is 6.85. The summed E-state index contributed by atoms with van der Waals surface area (Å²) in [7, 11) is 1.60. The van der Waals surface area contributed by atoms with Crippen molar-refractivity contribution in [3.05, 3.63) is 54.1 Å². The molecule has 0 aliphatic carbocycles. The molecule has 0 bridgehead atoms. The number of methoxy groups -OCH3 is 1. The van der Waals surface area contributed by atoms with Crippen molar-refractivity contribution in [1.82, 2.24) is 0 Å². The summed E-state index contributed by atoms with van der Waals surface area (Å²) in [4.78, 5) is 11.1. The zero-order valence-electron chi connectivity index (χ0n) is 12.9. The number of para-hydroxylation sites is 1. The second kappa shape index (κ2) is 8.69. The lowest BCUT2D eigenvalue weighted by molar-refractivity contribution is 0.0698. The molecule has 0 spiro atoms. The van der Waals surface area contributed by atoms with Gasteiger partial charge < -0.3 is 20.3 Å². The highest BCUT2D eigenvalue weighted by atomic mass is 16.5. The van der Waals surface area contributed by atoms with Crippen LogP contribution in [0.2, 0.25) is 0 Å². The van der Waals surface area contributed by atoms with E-state index in [0.717, 1.165) is 11.4 Å². The molecule has 0 fully saturated rings. The molecule has 0 heterocycles. The smallest absolute Gasteiger partial charge is 0.337 e. The van der Waals surface area contributed by atoms with Crippen LogP contribution in [0.5, 0.6) is 5.75 Å². The summed E-state index contributed by atoms with van der Waals surface area (Å²) >= 11 is 0. The Balaban J connectivity index is 0.000000541. The van der Waals surface area contributed by atoms with Gasteiger partial charge in [-0.3, -0.25) is 0 Å². The van der Waals surface area contributed by atoms with E-state index in [1.54, 1.807) is 45.2 Å². The summed E-state index contributed by atoms with van der Waals surface area (Å²) in [6.45, 7) is 3.44. The Morgan fingerprint density at radius 2 is 1.64 bits per heavy atom. The average molecular weight is 303 g/mol. The Morgan fingerprint density at radius 3 is 2.14 bits per heavy atom. The van der Waals surface area contributed by atoms with E-state index in [0.29, 0.717) is 5.69 Å². The summed E-state index contributed by atoms with van der Waals surface area (Å²) in [6, 6.07) is 14.1. The van der Waals surface area contributed by atoms with Gasteiger partial charge in [0, 0.05) is 11.8 Å². The van der Waals surface area contributed by atoms with Crippen molar-refractivity contribution in [2.75, 3.05) is 12.4 Å². The predicted molar refractivity (Wildman–Crippen MR) is 87.0 cm³/mol. The van der Waals surface area contributed by atoms with Gasteiger partial charge in [0.1, 0.15) is 5.75 Å². The number of carboxylic acids is 1. The molecular formula is C17H21NO4. The van der Waals surface area contributed by atoms with E-state index >= 15 is 0 Å². The summed E-state index contributed by atoms with van der Waals surface area (Å²) in [5, 5.41) is 20.2. The topological polar surface area (TPSA) is 78.8 Å². The number of hydrogen-bond acceptors (Lipinski definition) is 4. The highest BCUT2D eigenvalue weighted by molar-refractivity contribution is 5.95. The first-order chi connectivity index (χ1) is 10.4. The van der Waals surface area contributed by atoms with Crippen molar-refractivity contribution < 1.29 is 19.7 Å². The normalized spacial score (nSPS) is 9.68. The van der Waals surface area contributed by atoms with Gasteiger partial charge in [-0.15, -0.1) is 0 Å². The molecule has 2 aromatic rings. The number of hydrogen-bond donors (Lipinski definition) is 3. The Hall–Kier alpha value is -2.53. The lowest BCUT2D eigenvalue weighted by Gasteiger charge is -2.09. The Morgan fingerprint density at radius 1 is 1.09 bits per heavy atom. The van der Waals surface area contributed by atoms with Crippen molar-refractivity contribution in [2.45, 2.75) is 20.0 Å². The van der Waals surface area contributed by atoms with Crippen LogP contribution in [0.25, 0.3) is 0 Å². The average Bonchev–Trinajstić information content (AvgIpc) is 2.48. The fourth-order valence-corrected chi connectivity index (χ4v) is 1.61. The van der Waals surface area contributed by atoms with Gasteiger partial charge in [0.2, 0.25) is 0 Å². The molecule has 0 radical (unpaired) electrons. The van der Waals surface area contributed by atoms with E-state index in [4.69, 9.17) is 14.9 Å². The van der Waals surface area contributed by atoms with Crippen molar-refractivity contribution in [1.29, 1.82) is 0 Å². The van der Waals surface area contributed by atoms with Crippen molar-refractivity contribution in [2.24, 2.45) is 0 Å². The monoisotopic (exact) mass is 303 g/mol. The van der Waals surface area contributed by atoms with Crippen LogP contribution in [-0.4, -0.2) is 29.4 Å². The minimum absolute atomic E-state index is 0.167. The van der Waals surface area contributed by atoms with Crippen molar-refractivity contribution >= 4 is 17.3 Å².